The summed E-state index contributed by atoms with van der Waals surface area (Å²) in [5.41, 5.74) is 6.01. The number of nitrogens with zero attached hydrogens (tertiary/aromatic N) is 1. The predicted octanol–water partition coefficient (Wildman–Crippen LogP) is 1.53. The van der Waals surface area contributed by atoms with E-state index in [1.54, 1.807) is 24.3 Å². The summed E-state index contributed by atoms with van der Waals surface area (Å²) in [7, 11) is 1.38. The number of primary amides is 1. The fourth-order valence-electron chi connectivity index (χ4n) is 4.31. The van der Waals surface area contributed by atoms with Crippen molar-refractivity contribution in [2.75, 3.05) is 19.0 Å². The average Bonchev–Trinajstić information content (AvgIpc) is 3.00. The largest absolute Gasteiger partial charge is 0.468 e. The van der Waals surface area contributed by atoms with Crippen LogP contribution in [0.15, 0.2) is 24.3 Å². The first kappa shape index (κ1) is 18.4. The second-order valence-electron chi connectivity index (χ2n) is 7.02. The molecule has 2 fully saturated rings. The van der Waals surface area contributed by atoms with Crippen molar-refractivity contribution in [1.82, 2.24) is 4.90 Å². The lowest BCUT2D eigenvalue weighted by atomic mass is 9.85. The Labute approximate surface area is 152 Å². The molecule has 1 saturated heterocycles. The molecule has 26 heavy (non-hydrogen) atoms. The third-order valence-corrected chi connectivity index (χ3v) is 5.49. The molecule has 0 radical (unpaired) electrons. The highest BCUT2D eigenvalue weighted by molar-refractivity contribution is 6.03. The van der Waals surface area contributed by atoms with E-state index in [0.29, 0.717) is 11.6 Å². The first-order valence-corrected chi connectivity index (χ1v) is 9.03. The molecule has 2 aliphatic rings. The molecule has 1 aliphatic carbocycles. The van der Waals surface area contributed by atoms with Crippen molar-refractivity contribution in [3.8, 4) is 0 Å². The smallest absolute Gasteiger partial charge is 0.323 e. The van der Waals surface area contributed by atoms with Gasteiger partial charge in [-0.25, -0.2) is 0 Å². The number of rotatable bonds is 5. The summed E-state index contributed by atoms with van der Waals surface area (Å²) in [6.45, 7) is 0.0913. The van der Waals surface area contributed by atoms with E-state index in [2.05, 4.69) is 5.32 Å². The van der Waals surface area contributed by atoms with Crippen LogP contribution in [-0.4, -0.2) is 48.4 Å². The van der Waals surface area contributed by atoms with Gasteiger partial charge in [0.2, 0.25) is 5.91 Å². The van der Waals surface area contributed by atoms with Crippen LogP contribution in [0.25, 0.3) is 0 Å². The molecule has 1 aromatic carbocycles. The van der Waals surface area contributed by atoms with Gasteiger partial charge in [0.15, 0.2) is 0 Å². The fourth-order valence-corrected chi connectivity index (χ4v) is 4.31. The minimum absolute atomic E-state index is 0.0913. The van der Waals surface area contributed by atoms with Crippen molar-refractivity contribution in [3.05, 3.63) is 29.8 Å². The maximum atomic E-state index is 12.6. The minimum atomic E-state index is -0.596. The van der Waals surface area contributed by atoms with E-state index in [1.165, 1.54) is 13.5 Å². The highest BCUT2D eigenvalue weighted by atomic mass is 16.5. The van der Waals surface area contributed by atoms with Crippen LogP contribution in [-0.2, 0) is 14.3 Å². The molecule has 7 nitrogen and oxygen atoms in total. The molecular weight excluding hydrogens is 334 g/mol. The number of carbonyl (C=O) groups is 3. The molecule has 3 atom stereocenters. The molecule has 0 unspecified atom stereocenters. The van der Waals surface area contributed by atoms with Gasteiger partial charge in [0.05, 0.1) is 24.9 Å². The monoisotopic (exact) mass is 359 g/mol. The quantitative estimate of drug-likeness (QED) is 0.776. The van der Waals surface area contributed by atoms with Crippen molar-refractivity contribution in [1.29, 1.82) is 0 Å². The normalized spacial score (nSPS) is 25.3. The molecule has 1 saturated carbocycles. The number of ether oxygens (including phenoxy) is 1. The first-order valence-electron chi connectivity index (χ1n) is 9.03. The minimum Gasteiger partial charge on any atom is -0.468 e. The number of hydrogen-bond donors (Lipinski definition) is 2. The Morgan fingerprint density at radius 1 is 1.23 bits per heavy atom. The zero-order valence-corrected chi connectivity index (χ0v) is 14.9. The van der Waals surface area contributed by atoms with Crippen molar-refractivity contribution in [2.45, 2.75) is 44.2 Å². The van der Waals surface area contributed by atoms with Gasteiger partial charge in [0.25, 0.3) is 5.91 Å². The van der Waals surface area contributed by atoms with Crippen LogP contribution in [0.1, 0.15) is 42.5 Å². The first-order chi connectivity index (χ1) is 12.5. The van der Waals surface area contributed by atoms with Crippen molar-refractivity contribution in [2.24, 2.45) is 11.7 Å². The highest BCUT2D eigenvalue weighted by Gasteiger charge is 2.46. The second-order valence-corrected chi connectivity index (χ2v) is 7.02. The molecule has 0 bridgehead atoms. The van der Waals surface area contributed by atoms with Crippen LogP contribution in [0.2, 0.25) is 0 Å². The van der Waals surface area contributed by atoms with Gasteiger partial charge in [-0.15, -0.1) is 0 Å². The summed E-state index contributed by atoms with van der Waals surface area (Å²) in [6, 6.07) is 6.48. The maximum Gasteiger partial charge on any atom is 0.323 e. The average molecular weight is 359 g/mol. The van der Waals surface area contributed by atoms with Crippen molar-refractivity contribution in [3.63, 3.8) is 0 Å². The zero-order chi connectivity index (χ0) is 18.7. The Bertz CT molecular complexity index is 706. The van der Waals surface area contributed by atoms with Crippen LogP contribution >= 0.6 is 0 Å². The van der Waals surface area contributed by atoms with Gasteiger partial charge >= 0.3 is 5.97 Å². The van der Waals surface area contributed by atoms with Gasteiger partial charge in [-0.05, 0) is 37.3 Å². The third kappa shape index (κ3) is 3.72. The zero-order valence-electron chi connectivity index (χ0n) is 14.9. The number of fused-ring (bicyclic) bond motifs is 1. The number of nitrogens with two attached hydrogens (primary N) is 1. The molecule has 3 rings (SSSR count). The molecular formula is C19H25N3O4. The number of benzene rings is 1. The number of anilines is 1. The van der Waals surface area contributed by atoms with E-state index in [-0.39, 0.29) is 36.1 Å². The van der Waals surface area contributed by atoms with Crippen LogP contribution in [0.3, 0.4) is 0 Å². The van der Waals surface area contributed by atoms with Crippen LogP contribution in [0.4, 0.5) is 5.69 Å². The Balaban J connectivity index is 1.74. The molecule has 1 heterocycles. The predicted molar refractivity (Wildman–Crippen MR) is 96.5 cm³/mol. The molecule has 1 aromatic rings. The Kier molecular flexibility index (Phi) is 5.56. The van der Waals surface area contributed by atoms with E-state index >= 15 is 0 Å². The molecule has 3 N–H and O–H groups in total. The lowest BCUT2D eigenvalue weighted by Gasteiger charge is -2.32. The molecule has 1 aliphatic heterocycles. The fraction of sp³-hybridized carbons (Fsp3) is 0.526. The number of esters is 1. The lowest BCUT2D eigenvalue weighted by molar-refractivity contribution is -0.146. The number of nitrogens with one attached hydrogen (secondary N) is 1. The topological polar surface area (TPSA) is 102 Å². The number of hydrogen-bond acceptors (Lipinski definition) is 5. The van der Waals surface area contributed by atoms with E-state index in [1.807, 2.05) is 4.90 Å². The molecule has 7 heteroatoms. The van der Waals surface area contributed by atoms with Gasteiger partial charge < -0.3 is 15.8 Å². The molecule has 0 aromatic heterocycles. The number of carbonyl (C=O) groups excluding carboxylic acids is 3. The Morgan fingerprint density at radius 3 is 2.69 bits per heavy atom. The number of amides is 2. The van der Waals surface area contributed by atoms with E-state index in [0.717, 1.165) is 25.7 Å². The molecule has 2 amide bonds. The summed E-state index contributed by atoms with van der Waals surface area (Å²) in [6.07, 6.45) is 5.09. The number of likely N-dealkylation sites (tertiary alicyclic amines) is 1. The Hall–Kier alpha value is -2.41. The standard InChI is InChI=1S/C19H25N3O4/c1-26-19(25)16-10-12-6-2-5-9-15(12)22(16)11-17(23)21-14-8-4-3-7-13(14)18(20)24/h3-4,7-8,12,15-16H,2,5-6,9-11H2,1H3,(H2,20,24)(H,21,23)/t12-,15+,16-/m0/s1. The van der Waals surface area contributed by atoms with Gasteiger partial charge in [0, 0.05) is 6.04 Å². The summed E-state index contributed by atoms with van der Waals surface area (Å²) >= 11 is 0. The molecule has 0 spiro atoms. The number of methoxy groups -OCH3 is 1. The van der Waals surface area contributed by atoms with E-state index < -0.39 is 5.91 Å². The lowest BCUT2D eigenvalue weighted by Crippen LogP contribution is -2.46. The van der Waals surface area contributed by atoms with Crippen LogP contribution in [0.5, 0.6) is 0 Å². The highest BCUT2D eigenvalue weighted by Crippen LogP contribution is 2.39. The number of para-hydroxylation sites is 1. The van der Waals surface area contributed by atoms with Gasteiger partial charge in [-0.1, -0.05) is 25.0 Å². The summed E-state index contributed by atoms with van der Waals surface area (Å²) in [5, 5.41) is 2.76. The summed E-state index contributed by atoms with van der Waals surface area (Å²) in [4.78, 5) is 38.3. The maximum absolute atomic E-state index is 12.6. The van der Waals surface area contributed by atoms with Crippen LogP contribution < -0.4 is 11.1 Å². The van der Waals surface area contributed by atoms with E-state index in [9.17, 15) is 14.4 Å². The summed E-state index contributed by atoms with van der Waals surface area (Å²) in [5.74, 6) is -0.719. The SMILES string of the molecule is COC(=O)[C@@H]1C[C@@H]2CCCC[C@H]2N1CC(=O)Nc1ccccc1C(N)=O. The van der Waals surface area contributed by atoms with Gasteiger partial charge in [-0.2, -0.15) is 0 Å². The van der Waals surface area contributed by atoms with Gasteiger partial charge in [-0.3, -0.25) is 19.3 Å². The van der Waals surface area contributed by atoms with Crippen LogP contribution in [0, 0.1) is 5.92 Å². The second kappa shape index (κ2) is 7.86. The van der Waals surface area contributed by atoms with E-state index in [4.69, 9.17) is 10.5 Å². The van der Waals surface area contributed by atoms with Crippen molar-refractivity contribution >= 4 is 23.5 Å². The van der Waals surface area contributed by atoms with Gasteiger partial charge in [0.1, 0.15) is 6.04 Å². The van der Waals surface area contributed by atoms with Crippen molar-refractivity contribution < 1.29 is 19.1 Å². The summed E-state index contributed by atoms with van der Waals surface area (Å²) < 4.78 is 4.95. The third-order valence-electron chi connectivity index (χ3n) is 5.49. The molecule has 140 valence electrons. The Morgan fingerprint density at radius 2 is 1.96 bits per heavy atom.